The van der Waals surface area contributed by atoms with Crippen LogP contribution in [0.15, 0.2) is 59.3 Å². The van der Waals surface area contributed by atoms with Gasteiger partial charge in [0.25, 0.3) is 5.91 Å². The number of anilines is 1. The number of hydrogen-bond acceptors (Lipinski definition) is 4. The van der Waals surface area contributed by atoms with Crippen molar-refractivity contribution < 1.29 is 4.79 Å². The average molecular weight is 474 g/mol. The van der Waals surface area contributed by atoms with Crippen molar-refractivity contribution in [3.05, 3.63) is 70.0 Å². The lowest BCUT2D eigenvalue weighted by Crippen LogP contribution is -2.30. The topological polar surface area (TPSA) is 76.2 Å². The summed E-state index contributed by atoms with van der Waals surface area (Å²) in [5.41, 5.74) is 2.87. The van der Waals surface area contributed by atoms with Crippen LogP contribution < -0.4 is 10.6 Å². The molecule has 2 N–H and O–H groups in total. The number of aryl methyl sites for hydroxylation is 1. The second kappa shape index (κ2) is 8.26. The van der Waals surface area contributed by atoms with E-state index >= 15 is 0 Å². The summed E-state index contributed by atoms with van der Waals surface area (Å²) in [6.07, 6.45) is 3.54. The molecular weight excluding hydrogens is 456 g/mol. The molecule has 148 valence electrons. The molecule has 7 nitrogen and oxygen atoms in total. The average Bonchev–Trinajstić information content (AvgIpc) is 3.31. The van der Waals surface area contributed by atoms with Gasteiger partial charge in [0.1, 0.15) is 11.5 Å². The summed E-state index contributed by atoms with van der Waals surface area (Å²) in [4.78, 5) is 16.9. The first-order chi connectivity index (χ1) is 14.0. The zero-order valence-electron chi connectivity index (χ0n) is 15.6. The monoisotopic (exact) mass is 472 g/mol. The summed E-state index contributed by atoms with van der Waals surface area (Å²) in [6, 6.07) is 13.1. The molecule has 3 heterocycles. The molecule has 9 heteroatoms. The summed E-state index contributed by atoms with van der Waals surface area (Å²) in [5, 5.41) is 11.2. The molecular formula is C20H18BrClN6O. The number of carbonyl (C=O) groups excluding carboxylic acids is 1. The van der Waals surface area contributed by atoms with Gasteiger partial charge in [0, 0.05) is 43.0 Å². The van der Waals surface area contributed by atoms with Gasteiger partial charge in [-0.25, -0.2) is 4.98 Å². The van der Waals surface area contributed by atoms with E-state index in [1.54, 1.807) is 21.3 Å². The molecule has 0 atom stereocenters. The minimum Gasteiger partial charge on any atom is -0.368 e. The van der Waals surface area contributed by atoms with Crippen molar-refractivity contribution in [2.24, 2.45) is 7.05 Å². The molecule has 0 bridgehead atoms. The number of carbonyl (C=O) groups is 1. The number of hydrogen-bond donors (Lipinski definition) is 2. The highest BCUT2D eigenvalue weighted by molar-refractivity contribution is 9.10. The molecule has 0 aliphatic carbocycles. The van der Waals surface area contributed by atoms with E-state index in [9.17, 15) is 4.79 Å². The molecule has 0 saturated heterocycles. The third kappa shape index (κ3) is 3.99. The van der Waals surface area contributed by atoms with Gasteiger partial charge >= 0.3 is 0 Å². The van der Waals surface area contributed by atoms with E-state index in [1.165, 1.54) is 0 Å². The molecule has 4 aromatic rings. The number of aromatic nitrogens is 4. The summed E-state index contributed by atoms with van der Waals surface area (Å²) in [5.74, 6) is 0.640. The Balaban J connectivity index is 1.53. The predicted octanol–water partition coefficient (Wildman–Crippen LogP) is 3.99. The normalized spacial score (nSPS) is 11.0. The molecule has 29 heavy (non-hydrogen) atoms. The van der Waals surface area contributed by atoms with Crippen molar-refractivity contribution in [2.45, 2.75) is 0 Å². The number of amides is 1. The SMILES string of the molecule is Cn1cccc1C(=O)NCCNc1cc(-c2ccccc2Cl)nc2c(Br)cnn12. The van der Waals surface area contributed by atoms with Crippen LogP contribution in [0.2, 0.25) is 5.02 Å². The first-order valence-corrected chi connectivity index (χ1v) is 10.1. The molecule has 0 fully saturated rings. The number of halogens is 2. The van der Waals surface area contributed by atoms with E-state index in [-0.39, 0.29) is 5.91 Å². The molecule has 0 aliphatic rings. The van der Waals surface area contributed by atoms with Gasteiger partial charge in [-0.05, 0) is 34.1 Å². The van der Waals surface area contributed by atoms with Gasteiger partial charge in [0.05, 0.1) is 16.4 Å². The fraction of sp³-hybridized carbons (Fsp3) is 0.150. The second-order valence-electron chi connectivity index (χ2n) is 6.42. The Labute approximate surface area is 180 Å². The molecule has 0 unspecified atom stereocenters. The molecule has 1 amide bonds. The lowest BCUT2D eigenvalue weighted by molar-refractivity contribution is 0.0947. The van der Waals surface area contributed by atoms with Crippen molar-refractivity contribution in [3.8, 4) is 11.3 Å². The van der Waals surface area contributed by atoms with E-state index in [4.69, 9.17) is 11.6 Å². The molecule has 4 rings (SSSR count). The van der Waals surface area contributed by atoms with Crippen LogP contribution in [0.25, 0.3) is 16.9 Å². The largest absolute Gasteiger partial charge is 0.368 e. The standard InChI is InChI=1S/C20H18BrClN6O/c1-27-10-4-7-17(27)20(29)24-9-8-23-18-11-16(13-5-2-3-6-15(13)22)26-19-14(21)12-25-28(18)19/h2-7,10-12,23H,8-9H2,1H3,(H,24,29). The minimum absolute atomic E-state index is 0.113. The predicted molar refractivity (Wildman–Crippen MR) is 117 cm³/mol. The fourth-order valence-electron chi connectivity index (χ4n) is 3.02. The number of rotatable bonds is 6. The van der Waals surface area contributed by atoms with E-state index in [0.29, 0.717) is 29.5 Å². The van der Waals surface area contributed by atoms with Crippen molar-refractivity contribution >= 4 is 44.9 Å². The Hall–Kier alpha value is -2.84. The lowest BCUT2D eigenvalue weighted by atomic mass is 10.1. The summed E-state index contributed by atoms with van der Waals surface area (Å²) in [6.45, 7) is 0.979. The van der Waals surface area contributed by atoms with Gasteiger partial charge in [-0.3, -0.25) is 4.79 Å². The summed E-state index contributed by atoms with van der Waals surface area (Å²) < 4.78 is 4.28. The zero-order chi connectivity index (χ0) is 20.4. The quantitative estimate of drug-likeness (QED) is 0.415. The van der Waals surface area contributed by atoms with Gasteiger partial charge in [0.15, 0.2) is 5.65 Å². The minimum atomic E-state index is -0.113. The van der Waals surface area contributed by atoms with Crippen molar-refractivity contribution in [3.63, 3.8) is 0 Å². The van der Waals surface area contributed by atoms with Crippen molar-refractivity contribution in [2.75, 3.05) is 18.4 Å². The number of nitrogens with zero attached hydrogens (tertiary/aromatic N) is 4. The maximum Gasteiger partial charge on any atom is 0.267 e. The van der Waals surface area contributed by atoms with Gasteiger partial charge in [-0.15, -0.1) is 0 Å². The number of fused-ring (bicyclic) bond motifs is 1. The number of nitrogens with one attached hydrogen (secondary N) is 2. The van der Waals surface area contributed by atoms with Gasteiger partial charge in [-0.2, -0.15) is 9.61 Å². The Bertz CT molecular complexity index is 1180. The van der Waals surface area contributed by atoms with Crippen LogP contribution in [-0.2, 0) is 7.05 Å². The van der Waals surface area contributed by atoms with E-state index < -0.39 is 0 Å². The van der Waals surface area contributed by atoms with Crippen LogP contribution in [0.3, 0.4) is 0 Å². The Morgan fingerprint density at radius 3 is 2.79 bits per heavy atom. The van der Waals surface area contributed by atoms with Crippen LogP contribution >= 0.6 is 27.5 Å². The first-order valence-electron chi connectivity index (χ1n) is 8.97. The van der Waals surface area contributed by atoms with E-state index in [2.05, 4.69) is 36.6 Å². The van der Waals surface area contributed by atoms with Crippen LogP contribution in [0.1, 0.15) is 10.5 Å². The molecule has 0 aliphatic heterocycles. The highest BCUT2D eigenvalue weighted by Crippen LogP contribution is 2.30. The van der Waals surface area contributed by atoms with Gasteiger partial charge in [0.2, 0.25) is 0 Å². The third-order valence-electron chi connectivity index (χ3n) is 4.47. The van der Waals surface area contributed by atoms with Crippen LogP contribution in [0.5, 0.6) is 0 Å². The van der Waals surface area contributed by atoms with Gasteiger partial charge in [-0.1, -0.05) is 29.8 Å². The van der Waals surface area contributed by atoms with Crippen LogP contribution in [0.4, 0.5) is 5.82 Å². The van der Waals surface area contributed by atoms with Crippen molar-refractivity contribution in [1.82, 2.24) is 24.5 Å². The smallest absolute Gasteiger partial charge is 0.267 e. The fourth-order valence-corrected chi connectivity index (χ4v) is 3.60. The Morgan fingerprint density at radius 1 is 1.21 bits per heavy atom. The molecule has 0 radical (unpaired) electrons. The Morgan fingerprint density at radius 2 is 2.03 bits per heavy atom. The Kier molecular flexibility index (Phi) is 5.55. The first kappa shape index (κ1) is 19.5. The highest BCUT2D eigenvalue weighted by atomic mass is 79.9. The van der Waals surface area contributed by atoms with Crippen LogP contribution in [-0.4, -0.2) is 38.2 Å². The second-order valence-corrected chi connectivity index (χ2v) is 7.68. The molecule has 0 spiro atoms. The molecule has 3 aromatic heterocycles. The summed E-state index contributed by atoms with van der Waals surface area (Å²) >= 11 is 9.85. The third-order valence-corrected chi connectivity index (χ3v) is 5.36. The van der Waals surface area contributed by atoms with E-state index in [1.807, 2.05) is 49.6 Å². The number of benzene rings is 1. The highest BCUT2D eigenvalue weighted by Gasteiger charge is 2.13. The maximum absolute atomic E-state index is 12.2. The maximum atomic E-state index is 12.2. The summed E-state index contributed by atoms with van der Waals surface area (Å²) in [7, 11) is 1.84. The molecule has 0 saturated carbocycles. The van der Waals surface area contributed by atoms with E-state index in [0.717, 1.165) is 21.5 Å². The lowest BCUT2D eigenvalue weighted by Gasteiger charge is -2.12. The van der Waals surface area contributed by atoms with Gasteiger partial charge < -0.3 is 15.2 Å². The zero-order valence-corrected chi connectivity index (χ0v) is 17.9. The van der Waals surface area contributed by atoms with Crippen LogP contribution in [0, 0.1) is 0 Å². The van der Waals surface area contributed by atoms with Crippen molar-refractivity contribution in [1.29, 1.82) is 0 Å². The molecule has 1 aromatic carbocycles.